The molecule has 1 aromatic carbocycles. The second kappa shape index (κ2) is 6.28. The topological polar surface area (TPSA) is 37.3 Å². The summed E-state index contributed by atoms with van der Waals surface area (Å²) >= 11 is 6.14. The van der Waals surface area contributed by atoms with Crippen molar-refractivity contribution in [2.75, 3.05) is 11.9 Å². The first-order valence-electron chi connectivity index (χ1n) is 8.01. The molecule has 2 amide bonds. The quantitative estimate of drug-likeness (QED) is 0.846. The lowest BCUT2D eigenvalue weighted by atomic mass is 10.1. The molecule has 2 heterocycles. The highest BCUT2D eigenvalue weighted by Gasteiger charge is 2.30. The van der Waals surface area contributed by atoms with E-state index in [1.54, 1.807) is 0 Å². The Balaban J connectivity index is 1.84. The molecule has 0 bridgehead atoms. The third kappa shape index (κ3) is 2.83. The van der Waals surface area contributed by atoms with Gasteiger partial charge in [0.1, 0.15) is 0 Å². The van der Waals surface area contributed by atoms with E-state index < -0.39 is 0 Å². The number of hydrogen-bond donors (Lipinski definition) is 1. The van der Waals surface area contributed by atoms with E-state index in [-0.39, 0.29) is 12.1 Å². The standard InChI is InChI=1S/C18H22ClN3O/c1-4-16-17-9-8-12(2)21(17)10-11-22(16)18(23)20-15-7-5-6-14(19)13(15)3/h5-9,16H,4,10-11H2,1-3H3,(H,20,23)/t16-/m0/s1. The van der Waals surface area contributed by atoms with Gasteiger partial charge in [0.25, 0.3) is 0 Å². The van der Waals surface area contributed by atoms with Gasteiger partial charge < -0.3 is 14.8 Å². The molecule has 122 valence electrons. The molecule has 3 rings (SSSR count). The number of aryl methyl sites for hydroxylation is 1. The van der Waals surface area contributed by atoms with Crippen molar-refractivity contribution in [3.05, 3.63) is 52.3 Å². The number of nitrogens with one attached hydrogen (secondary N) is 1. The molecule has 5 heteroatoms. The number of fused-ring (bicyclic) bond motifs is 1. The molecule has 0 fully saturated rings. The Morgan fingerprint density at radius 1 is 1.26 bits per heavy atom. The van der Waals surface area contributed by atoms with Gasteiger partial charge in [-0.25, -0.2) is 4.79 Å². The maximum absolute atomic E-state index is 12.8. The number of amides is 2. The Bertz CT molecular complexity index is 738. The van der Waals surface area contributed by atoms with Gasteiger partial charge in [-0.15, -0.1) is 0 Å². The van der Waals surface area contributed by atoms with Gasteiger partial charge in [-0.3, -0.25) is 0 Å². The first-order chi connectivity index (χ1) is 11.0. The van der Waals surface area contributed by atoms with Crippen molar-refractivity contribution in [3.63, 3.8) is 0 Å². The fourth-order valence-electron chi connectivity index (χ4n) is 3.31. The summed E-state index contributed by atoms with van der Waals surface area (Å²) in [6.45, 7) is 7.70. The van der Waals surface area contributed by atoms with Crippen LogP contribution >= 0.6 is 11.6 Å². The number of aromatic nitrogens is 1. The number of carbonyl (C=O) groups is 1. The molecular formula is C18H22ClN3O. The lowest BCUT2D eigenvalue weighted by molar-refractivity contribution is 0.165. The second-order valence-electron chi connectivity index (χ2n) is 6.01. The van der Waals surface area contributed by atoms with Gasteiger partial charge in [0.15, 0.2) is 0 Å². The summed E-state index contributed by atoms with van der Waals surface area (Å²) in [4.78, 5) is 14.7. The zero-order valence-corrected chi connectivity index (χ0v) is 14.5. The number of halogens is 1. The van der Waals surface area contributed by atoms with E-state index in [0.29, 0.717) is 11.6 Å². The van der Waals surface area contributed by atoms with Crippen LogP contribution in [-0.4, -0.2) is 22.0 Å². The average Bonchev–Trinajstić information content (AvgIpc) is 2.92. The van der Waals surface area contributed by atoms with Crippen molar-refractivity contribution < 1.29 is 4.79 Å². The number of urea groups is 1. The van der Waals surface area contributed by atoms with Gasteiger partial charge in [0.2, 0.25) is 0 Å². The van der Waals surface area contributed by atoms with Gasteiger partial charge in [-0.05, 0) is 50.1 Å². The number of anilines is 1. The van der Waals surface area contributed by atoms with E-state index in [2.05, 4.69) is 35.9 Å². The molecule has 0 saturated heterocycles. The molecule has 0 unspecified atom stereocenters. The third-order valence-electron chi connectivity index (χ3n) is 4.67. The SMILES string of the molecule is CC[C@H]1c2ccc(C)n2CCN1C(=O)Nc1cccc(Cl)c1C. The van der Waals surface area contributed by atoms with E-state index in [4.69, 9.17) is 11.6 Å². The smallest absolute Gasteiger partial charge is 0.322 e. The minimum Gasteiger partial charge on any atom is -0.345 e. The van der Waals surface area contributed by atoms with Crippen LogP contribution in [-0.2, 0) is 6.54 Å². The number of carbonyl (C=O) groups excluding carboxylic acids is 1. The number of rotatable bonds is 2. The Labute approximate surface area is 142 Å². The third-order valence-corrected chi connectivity index (χ3v) is 5.08. The lowest BCUT2D eigenvalue weighted by Gasteiger charge is -2.37. The molecular weight excluding hydrogens is 310 g/mol. The van der Waals surface area contributed by atoms with Crippen molar-refractivity contribution in [1.29, 1.82) is 0 Å². The van der Waals surface area contributed by atoms with E-state index in [1.807, 2.05) is 30.0 Å². The molecule has 2 aromatic rings. The maximum atomic E-state index is 12.8. The molecule has 1 aromatic heterocycles. The number of benzene rings is 1. The molecule has 1 atom stereocenters. The Morgan fingerprint density at radius 3 is 2.78 bits per heavy atom. The van der Waals surface area contributed by atoms with Crippen LogP contribution in [0.3, 0.4) is 0 Å². The van der Waals surface area contributed by atoms with Crippen LogP contribution in [0.4, 0.5) is 10.5 Å². The van der Waals surface area contributed by atoms with Crippen molar-refractivity contribution >= 4 is 23.3 Å². The first kappa shape index (κ1) is 15.9. The van der Waals surface area contributed by atoms with Crippen LogP contribution in [0.15, 0.2) is 30.3 Å². The fourth-order valence-corrected chi connectivity index (χ4v) is 3.49. The summed E-state index contributed by atoms with van der Waals surface area (Å²) in [5.41, 5.74) is 4.14. The molecule has 0 aliphatic carbocycles. The zero-order chi connectivity index (χ0) is 16.6. The van der Waals surface area contributed by atoms with Gasteiger partial charge in [0.05, 0.1) is 6.04 Å². The number of nitrogens with zero attached hydrogens (tertiary/aromatic N) is 2. The van der Waals surface area contributed by atoms with Gasteiger partial charge >= 0.3 is 6.03 Å². The van der Waals surface area contributed by atoms with E-state index >= 15 is 0 Å². The summed E-state index contributed by atoms with van der Waals surface area (Å²) in [7, 11) is 0. The van der Waals surface area contributed by atoms with Gasteiger partial charge in [0, 0.05) is 35.2 Å². The summed E-state index contributed by atoms with van der Waals surface area (Å²) in [6.07, 6.45) is 0.894. The van der Waals surface area contributed by atoms with Crippen LogP contribution in [0.25, 0.3) is 0 Å². The monoisotopic (exact) mass is 331 g/mol. The fraction of sp³-hybridized carbons (Fsp3) is 0.389. The molecule has 4 nitrogen and oxygen atoms in total. The number of hydrogen-bond acceptors (Lipinski definition) is 1. The summed E-state index contributed by atoms with van der Waals surface area (Å²) < 4.78 is 2.31. The van der Waals surface area contributed by atoms with Crippen molar-refractivity contribution in [2.45, 2.75) is 39.8 Å². The van der Waals surface area contributed by atoms with Crippen molar-refractivity contribution in [2.24, 2.45) is 0 Å². The highest BCUT2D eigenvalue weighted by Crippen LogP contribution is 2.31. The van der Waals surface area contributed by atoms with Crippen LogP contribution < -0.4 is 5.32 Å². The highest BCUT2D eigenvalue weighted by molar-refractivity contribution is 6.31. The molecule has 1 aliphatic heterocycles. The van der Waals surface area contributed by atoms with Crippen LogP contribution in [0.1, 0.15) is 36.3 Å². The lowest BCUT2D eigenvalue weighted by Crippen LogP contribution is -2.44. The van der Waals surface area contributed by atoms with Crippen molar-refractivity contribution in [3.8, 4) is 0 Å². The maximum Gasteiger partial charge on any atom is 0.322 e. The molecule has 23 heavy (non-hydrogen) atoms. The molecule has 1 aliphatic rings. The normalized spacial score (nSPS) is 17.0. The predicted molar refractivity (Wildman–Crippen MR) is 94.1 cm³/mol. The minimum atomic E-state index is -0.0627. The summed E-state index contributed by atoms with van der Waals surface area (Å²) in [5.74, 6) is 0. The second-order valence-corrected chi connectivity index (χ2v) is 6.42. The minimum absolute atomic E-state index is 0.0627. The van der Waals surface area contributed by atoms with Crippen LogP contribution in [0, 0.1) is 13.8 Å². The highest BCUT2D eigenvalue weighted by atomic mass is 35.5. The van der Waals surface area contributed by atoms with E-state index in [9.17, 15) is 4.79 Å². The average molecular weight is 332 g/mol. The molecule has 1 N–H and O–H groups in total. The molecule has 0 saturated carbocycles. The van der Waals surface area contributed by atoms with E-state index in [1.165, 1.54) is 11.4 Å². The van der Waals surface area contributed by atoms with Gasteiger partial charge in [-0.2, -0.15) is 0 Å². The van der Waals surface area contributed by atoms with Gasteiger partial charge in [-0.1, -0.05) is 24.6 Å². The van der Waals surface area contributed by atoms with Crippen molar-refractivity contribution in [1.82, 2.24) is 9.47 Å². The van der Waals surface area contributed by atoms with E-state index in [0.717, 1.165) is 24.2 Å². The largest absolute Gasteiger partial charge is 0.345 e. The summed E-state index contributed by atoms with van der Waals surface area (Å²) in [6, 6.07) is 9.87. The Hall–Kier alpha value is -1.94. The summed E-state index contributed by atoms with van der Waals surface area (Å²) in [5, 5.41) is 3.68. The molecule has 0 radical (unpaired) electrons. The predicted octanol–water partition coefficient (Wildman–Crippen LogP) is 4.76. The zero-order valence-electron chi connectivity index (χ0n) is 13.8. The Kier molecular flexibility index (Phi) is 4.35. The van der Waals surface area contributed by atoms with Crippen LogP contribution in [0.2, 0.25) is 5.02 Å². The molecule has 0 spiro atoms. The first-order valence-corrected chi connectivity index (χ1v) is 8.39. The Morgan fingerprint density at radius 2 is 2.04 bits per heavy atom. The van der Waals surface area contributed by atoms with Crippen LogP contribution in [0.5, 0.6) is 0 Å².